The zero-order chi connectivity index (χ0) is 18.8. The molecule has 5 rings (SSSR count). The molecule has 0 unspecified atom stereocenters. The van der Waals surface area contributed by atoms with Gasteiger partial charge in [-0.05, 0) is 49.3 Å². The number of piperidine rings is 3. The molecule has 0 radical (unpaired) electrons. The maximum absolute atomic E-state index is 8.36. The molecule has 3 atom stereocenters. The van der Waals surface area contributed by atoms with Crippen LogP contribution in [0.3, 0.4) is 0 Å². The van der Waals surface area contributed by atoms with E-state index in [0.29, 0.717) is 6.79 Å². The number of halogens is 1. The van der Waals surface area contributed by atoms with Crippen LogP contribution in [0, 0.1) is 11.8 Å². The van der Waals surface area contributed by atoms with Crippen LogP contribution in [0.4, 0.5) is 0 Å². The number of hydrogen-bond donors (Lipinski definition) is 1. The van der Waals surface area contributed by atoms with Crippen molar-refractivity contribution in [2.45, 2.75) is 38.3 Å². The van der Waals surface area contributed by atoms with E-state index in [4.69, 9.17) is 31.0 Å². The van der Waals surface area contributed by atoms with Crippen molar-refractivity contribution in [2.75, 3.05) is 33.0 Å². The number of nitrogens with zero attached hydrogens (tertiary/aromatic N) is 2. The van der Waals surface area contributed by atoms with Crippen molar-refractivity contribution in [2.24, 2.45) is 11.8 Å². The number of carbonyl (C=O) groups is 1. The summed E-state index contributed by atoms with van der Waals surface area (Å²) in [5.41, 5.74) is 1.17. The van der Waals surface area contributed by atoms with E-state index in [1.54, 1.807) is 0 Å². The van der Waals surface area contributed by atoms with Crippen molar-refractivity contribution >= 4 is 18.1 Å². The molecule has 0 aliphatic carbocycles. The molecule has 1 aromatic rings. The fraction of sp³-hybridized carbons (Fsp3) is 0.650. The van der Waals surface area contributed by atoms with Crippen molar-refractivity contribution in [1.82, 2.24) is 9.80 Å². The first kappa shape index (κ1) is 18.8. The van der Waals surface area contributed by atoms with Crippen molar-refractivity contribution in [3.05, 3.63) is 22.7 Å². The molecule has 2 bridgehead atoms. The lowest BCUT2D eigenvalue weighted by Crippen LogP contribution is -2.58. The molecule has 0 saturated carbocycles. The van der Waals surface area contributed by atoms with Crippen LogP contribution in [0.1, 0.15) is 31.2 Å². The predicted octanol–water partition coefficient (Wildman–Crippen LogP) is 3.08. The average molecular weight is 395 g/mol. The minimum Gasteiger partial charge on any atom is -0.483 e. The normalized spacial score (nSPS) is 29.4. The van der Waals surface area contributed by atoms with Crippen molar-refractivity contribution in [1.29, 1.82) is 0 Å². The SMILES string of the molecule is Clc1cc2c(cc1CN1C[C@@H]3C[C@H](C1)[C@@H]1CCCCN1C3)OCO2.O=CO. The largest absolute Gasteiger partial charge is 0.483 e. The van der Waals surface area contributed by atoms with Gasteiger partial charge < -0.3 is 14.6 Å². The van der Waals surface area contributed by atoms with E-state index in [0.717, 1.165) is 40.9 Å². The summed E-state index contributed by atoms with van der Waals surface area (Å²) in [5, 5.41) is 7.69. The Morgan fingerprint density at radius 3 is 2.78 bits per heavy atom. The summed E-state index contributed by atoms with van der Waals surface area (Å²) in [6.07, 6.45) is 5.63. The van der Waals surface area contributed by atoms with Crippen LogP contribution in [0.5, 0.6) is 11.5 Å². The van der Waals surface area contributed by atoms with Crippen LogP contribution in [0.25, 0.3) is 0 Å². The van der Waals surface area contributed by atoms with E-state index < -0.39 is 0 Å². The summed E-state index contributed by atoms with van der Waals surface area (Å²) >= 11 is 6.49. The molecule has 148 valence electrons. The summed E-state index contributed by atoms with van der Waals surface area (Å²) < 4.78 is 10.9. The Balaban J connectivity index is 0.000000565. The highest BCUT2D eigenvalue weighted by atomic mass is 35.5. The van der Waals surface area contributed by atoms with E-state index in [1.165, 1.54) is 57.4 Å². The molecule has 1 aromatic carbocycles. The van der Waals surface area contributed by atoms with Crippen LogP contribution in [0.15, 0.2) is 12.1 Å². The standard InChI is InChI=1S/C19H25ClN2O2.CH2O2/c20-16-7-19-18(23-12-24-19)6-14(16)10-21-8-13-5-15(11-21)17-3-1-2-4-22(17)9-13;2-1-3/h6-7,13,15,17H,1-5,8-12H2;1H,(H,2,3)/t13-,15+,17-;/m0./s1. The predicted molar refractivity (Wildman–Crippen MR) is 102 cm³/mol. The van der Waals surface area contributed by atoms with E-state index in [1.807, 2.05) is 6.07 Å². The van der Waals surface area contributed by atoms with Gasteiger partial charge in [0.25, 0.3) is 6.47 Å². The summed E-state index contributed by atoms with van der Waals surface area (Å²) in [7, 11) is 0. The zero-order valence-corrected chi connectivity index (χ0v) is 16.2. The highest BCUT2D eigenvalue weighted by Crippen LogP contribution is 2.40. The first-order chi connectivity index (χ1) is 13.2. The molecular weight excluding hydrogens is 368 g/mol. The molecule has 0 spiro atoms. The molecule has 4 heterocycles. The van der Waals surface area contributed by atoms with Gasteiger partial charge >= 0.3 is 0 Å². The number of carboxylic acid groups (broad SMARTS) is 1. The minimum atomic E-state index is -0.250. The average Bonchev–Trinajstić information content (AvgIpc) is 3.10. The van der Waals surface area contributed by atoms with Gasteiger partial charge in [0, 0.05) is 43.3 Å². The molecule has 4 aliphatic heterocycles. The second-order valence-electron chi connectivity index (χ2n) is 8.02. The Hall–Kier alpha value is -1.50. The maximum Gasteiger partial charge on any atom is 0.290 e. The van der Waals surface area contributed by atoms with E-state index in [-0.39, 0.29) is 6.47 Å². The third-order valence-corrected chi connectivity index (χ3v) is 6.63. The number of hydrogen-bond acceptors (Lipinski definition) is 5. The molecule has 6 nitrogen and oxygen atoms in total. The first-order valence-electron chi connectivity index (χ1n) is 9.80. The van der Waals surface area contributed by atoms with Crippen LogP contribution < -0.4 is 9.47 Å². The molecule has 27 heavy (non-hydrogen) atoms. The third-order valence-electron chi connectivity index (χ3n) is 6.28. The van der Waals surface area contributed by atoms with E-state index in [2.05, 4.69) is 15.9 Å². The van der Waals surface area contributed by atoms with Crippen LogP contribution >= 0.6 is 11.6 Å². The summed E-state index contributed by atoms with van der Waals surface area (Å²) in [6.45, 7) is 6.01. The molecule has 1 N–H and O–H groups in total. The van der Waals surface area contributed by atoms with Crippen LogP contribution in [0.2, 0.25) is 5.02 Å². The smallest absolute Gasteiger partial charge is 0.290 e. The van der Waals surface area contributed by atoms with Gasteiger partial charge in [-0.15, -0.1) is 0 Å². The van der Waals surface area contributed by atoms with Gasteiger partial charge in [0.05, 0.1) is 0 Å². The topological polar surface area (TPSA) is 62.2 Å². The van der Waals surface area contributed by atoms with Crippen molar-refractivity contribution in [3.8, 4) is 11.5 Å². The van der Waals surface area contributed by atoms with Gasteiger partial charge in [-0.25, -0.2) is 0 Å². The van der Waals surface area contributed by atoms with Gasteiger partial charge in [-0.2, -0.15) is 0 Å². The minimum absolute atomic E-state index is 0.250. The van der Waals surface area contributed by atoms with Crippen LogP contribution in [-0.4, -0.2) is 60.4 Å². The van der Waals surface area contributed by atoms with Gasteiger partial charge in [-0.1, -0.05) is 18.0 Å². The number of ether oxygens (including phenoxy) is 2. The molecule has 7 heteroatoms. The fourth-order valence-electron chi connectivity index (χ4n) is 5.32. The zero-order valence-electron chi connectivity index (χ0n) is 15.5. The molecule has 0 aromatic heterocycles. The summed E-state index contributed by atoms with van der Waals surface area (Å²) in [4.78, 5) is 13.8. The maximum atomic E-state index is 8.36. The lowest BCUT2D eigenvalue weighted by atomic mass is 9.76. The Kier molecular flexibility index (Phi) is 5.76. The second kappa shape index (κ2) is 8.25. The third kappa shape index (κ3) is 4.03. The Morgan fingerprint density at radius 1 is 1.19 bits per heavy atom. The Labute approximate surface area is 165 Å². The monoisotopic (exact) mass is 394 g/mol. The second-order valence-corrected chi connectivity index (χ2v) is 8.42. The van der Waals surface area contributed by atoms with Crippen LogP contribution in [-0.2, 0) is 11.3 Å². The number of likely N-dealkylation sites (tertiary alicyclic amines) is 1. The lowest BCUT2D eigenvalue weighted by molar-refractivity contribution is -0.122. The highest BCUT2D eigenvalue weighted by Gasteiger charge is 2.41. The summed E-state index contributed by atoms with van der Waals surface area (Å²) in [6, 6.07) is 4.81. The summed E-state index contributed by atoms with van der Waals surface area (Å²) in [5.74, 6) is 3.28. The lowest BCUT2D eigenvalue weighted by Gasteiger charge is -2.52. The molecule has 4 aliphatic rings. The number of benzene rings is 1. The van der Waals surface area contributed by atoms with Crippen molar-refractivity contribution < 1.29 is 19.4 Å². The van der Waals surface area contributed by atoms with Gasteiger partial charge in [0.15, 0.2) is 11.5 Å². The number of rotatable bonds is 2. The van der Waals surface area contributed by atoms with Gasteiger partial charge in [-0.3, -0.25) is 14.6 Å². The molecular formula is C20H27ClN2O4. The van der Waals surface area contributed by atoms with Gasteiger partial charge in [0.1, 0.15) is 0 Å². The van der Waals surface area contributed by atoms with Crippen molar-refractivity contribution in [3.63, 3.8) is 0 Å². The molecule has 3 saturated heterocycles. The van der Waals surface area contributed by atoms with E-state index in [9.17, 15) is 0 Å². The molecule has 3 fully saturated rings. The highest BCUT2D eigenvalue weighted by molar-refractivity contribution is 6.31. The van der Waals surface area contributed by atoms with Gasteiger partial charge in [0.2, 0.25) is 6.79 Å². The fourth-order valence-corrected chi connectivity index (χ4v) is 5.53. The number of fused-ring (bicyclic) bond motifs is 5. The van der Waals surface area contributed by atoms with E-state index >= 15 is 0 Å². The Morgan fingerprint density at radius 2 is 1.96 bits per heavy atom. The Bertz CT molecular complexity index is 686. The first-order valence-corrected chi connectivity index (χ1v) is 10.2. The quantitative estimate of drug-likeness (QED) is 0.778. The molecule has 0 amide bonds.